The van der Waals surface area contributed by atoms with Gasteiger partial charge in [-0.1, -0.05) is 0 Å². The third-order valence-electron chi connectivity index (χ3n) is 3.14. The van der Waals surface area contributed by atoms with Crippen LogP contribution in [0.4, 0.5) is 0 Å². The van der Waals surface area contributed by atoms with Crippen molar-refractivity contribution in [3.05, 3.63) is 39.7 Å². The van der Waals surface area contributed by atoms with Crippen molar-refractivity contribution in [3.8, 4) is 0 Å². The number of nitrogens with one attached hydrogen (secondary N) is 2. The van der Waals surface area contributed by atoms with E-state index in [1.165, 1.54) is 17.6 Å². The molecule has 124 valence electrons. The molecule has 2 heterocycles. The van der Waals surface area contributed by atoms with E-state index in [0.717, 1.165) is 10.6 Å². The summed E-state index contributed by atoms with van der Waals surface area (Å²) in [6.07, 6.45) is 2.78. The van der Waals surface area contributed by atoms with Gasteiger partial charge in [0.2, 0.25) is 0 Å². The maximum absolute atomic E-state index is 11.9. The number of rotatable bonds is 8. The molecule has 0 atom stereocenters. The van der Waals surface area contributed by atoms with Crippen LogP contribution in [0.25, 0.3) is 0 Å². The molecule has 0 bridgehead atoms. The normalized spacial score (nSPS) is 10.5. The highest BCUT2D eigenvalue weighted by atomic mass is 32.1. The van der Waals surface area contributed by atoms with Gasteiger partial charge in [0.25, 0.3) is 11.8 Å². The number of thiazole rings is 1. The van der Waals surface area contributed by atoms with Crippen molar-refractivity contribution in [1.82, 2.24) is 15.6 Å². The van der Waals surface area contributed by atoms with Gasteiger partial charge < -0.3 is 20.8 Å². The zero-order valence-electron chi connectivity index (χ0n) is 12.9. The van der Waals surface area contributed by atoms with Gasteiger partial charge in [-0.2, -0.15) is 0 Å². The Bertz CT molecular complexity index is 665. The first-order chi connectivity index (χ1) is 11.1. The number of nitrogens with two attached hydrogens (primary N) is 1. The number of aryl methyl sites for hydroxylation is 1. The van der Waals surface area contributed by atoms with Crippen LogP contribution >= 0.6 is 11.3 Å². The lowest BCUT2D eigenvalue weighted by Gasteiger charge is -2.05. The van der Waals surface area contributed by atoms with Gasteiger partial charge in [-0.25, -0.2) is 4.98 Å². The summed E-state index contributed by atoms with van der Waals surface area (Å²) in [6.45, 7) is 3.24. The van der Waals surface area contributed by atoms with Crippen LogP contribution in [0.15, 0.2) is 22.1 Å². The third-order valence-corrected chi connectivity index (χ3v) is 4.04. The maximum atomic E-state index is 11.9. The zero-order valence-corrected chi connectivity index (χ0v) is 13.7. The van der Waals surface area contributed by atoms with Crippen molar-refractivity contribution in [2.24, 2.45) is 5.73 Å². The molecule has 2 amide bonds. The minimum atomic E-state index is -0.246. The summed E-state index contributed by atoms with van der Waals surface area (Å²) in [6, 6.07) is 1.74. The van der Waals surface area contributed by atoms with E-state index in [0.29, 0.717) is 43.9 Å². The molecule has 0 saturated heterocycles. The zero-order chi connectivity index (χ0) is 16.7. The van der Waals surface area contributed by atoms with Crippen LogP contribution in [0.3, 0.4) is 0 Å². The largest absolute Gasteiger partial charge is 0.459 e. The van der Waals surface area contributed by atoms with Gasteiger partial charge in [0.05, 0.1) is 11.3 Å². The number of aromatic nitrogens is 1. The molecule has 0 aliphatic heterocycles. The van der Waals surface area contributed by atoms with E-state index in [9.17, 15) is 9.59 Å². The van der Waals surface area contributed by atoms with E-state index in [2.05, 4.69) is 15.6 Å². The summed E-state index contributed by atoms with van der Waals surface area (Å²) >= 11 is 1.43. The fourth-order valence-corrected chi connectivity index (χ4v) is 2.72. The molecule has 4 N–H and O–H groups in total. The monoisotopic (exact) mass is 336 g/mol. The second kappa shape index (κ2) is 8.44. The topological polar surface area (TPSA) is 110 Å². The summed E-state index contributed by atoms with van der Waals surface area (Å²) in [4.78, 5) is 27.9. The van der Waals surface area contributed by atoms with Crippen molar-refractivity contribution in [2.45, 2.75) is 19.8 Å². The Kier molecular flexibility index (Phi) is 6.30. The van der Waals surface area contributed by atoms with Gasteiger partial charge in [0, 0.05) is 30.5 Å². The molecule has 2 aromatic rings. The molecule has 0 unspecified atom stereocenters. The number of hydrogen-bond donors (Lipinski definition) is 3. The van der Waals surface area contributed by atoms with Crippen LogP contribution in [0.5, 0.6) is 0 Å². The molecule has 0 fully saturated rings. The Morgan fingerprint density at radius 3 is 2.70 bits per heavy atom. The number of amides is 2. The Morgan fingerprint density at radius 2 is 2.04 bits per heavy atom. The van der Waals surface area contributed by atoms with E-state index in [1.54, 1.807) is 11.4 Å². The average molecular weight is 336 g/mol. The van der Waals surface area contributed by atoms with Crippen molar-refractivity contribution in [1.29, 1.82) is 0 Å². The number of hydrogen-bond acceptors (Lipinski definition) is 6. The maximum Gasteiger partial charge on any atom is 0.287 e. The third kappa shape index (κ3) is 4.90. The quantitative estimate of drug-likeness (QED) is 0.625. The van der Waals surface area contributed by atoms with Crippen LogP contribution in [0, 0.1) is 6.92 Å². The van der Waals surface area contributed by atoms with Crippen molar-refractivity contribution in [3.63, 3.8) is 0 Å². The lowest BCUT2D eigenvalue weighted by Crippen LogP contribution is -2.30. The van der Waals surface area contributed by atoms with Gasteiger partial charge >= 0.3 is 0 Å². The number of nitrogens with zero attached hydrogens (tertiary/aromatic N) is 1. The number of furan rings is 1. The molecule has 2 rings (SSSR count). The van der Waals surface area contributed by atoms with E-state index in [4.69, 9.17) is 10.2 Å². The average Bonchev–Trinajstić information content (AvgIpc) is 3.16. The Labute approximate surface area is 138 Å². The van der Waals surface area contributed by atoms with E-state index < -0.39 is 0 Å². The Hall–Kier alpha value is -2.19. The first kappa shape index (κ1) is 17.2. The standard InChI is InChI=1S/C15H20N4O3S/c1-10-4-8-22-13(10)15(21)18-7-2-6-17-14(20)11-9-23-12(19-11)3-5-16/h4,8-9H,2-3,5-7,16H2,1H3,(H,17,20)(H,18,21). The van der Waals surface area contributed by atoms with Crippen molar-refractivity contribution in [2.75, 3.05) is 19.6 Å². The number of carbonyl (C=O) groups is 2. The van der Waals surface area contributed by atoms with E-state index in [1.807, 2.05) is 6.92 Å². The molecule has 0 aliphatic carbocycles. The predicted molar refractivity (Wildman–Crippen MR) is 87.6 cm³/mol. The van der Waals surface area contributed by atoms with Crippen LogP contribution in [-0.2, 0) is 6.42 Å². The van der Waals surface area contributed by atoms with Crippen LogP contribution < -0.4 is 16.4 Å². The predicted octanol–water partition coefficient (Wildman–Crippen LogP) is 1.10. The number of carbonyl (C=O) groups excluding carboxylic acids is 2. The molecule has 0 saturated carbocycles. The summed E-state index contributed by atoms with van der Waals surface area (Å²) in [5.74, 6) is -0.133. The molecule has 7 nitrogen and oxygen atoms in total. The molecule has 8 heteroatoms. The smallest absolute Gasteiger partial charge is 0.287 e. The minimum absolute atomic E-state index is 0.210. The highest BCUT2D eigenvalue weighted by Crippen LogP contribution is 2.10. The fourth-order valence-electron chi connectivity index (χ4n) is 1.92. The summed E-state index contributed by atoms with van der Waals surface area (Å²) in [7, 11) is 0. The van der Waals surface area contributed by atoms with Gasteiger partial charge in [-0.3, -0.25) is 9.59 Å². The van der Waals surface area contributed by atoms with Crippen LogP contribution in [0.2, 0.25) is 0 Å². The highest BCUT2D eigenvalue weighted by Gasteiger charge is 2.12. The van der Waals surface area contributed by atoms with Gasteiger partial charge in [-0.05, 0) is 26.0 Å². The fraction of sp³-hybridized carbons (Fsp3) is 0.400. The summed E-state index contributed by atoms with van der Waals surface area (Å²) in [5, 5.41) is 8.11. The van der Waals surface area contributed by atoms with Crippen molar-refractivity contribution >= 4 is 23.2 Å². The molecule has 0 aromatic carbocycles. The van der Waals surface area contributed by atoms with Crippen LogP contribution in [-0.4, -0.2) is 36.4 Å². The molecule has 0 radical (unpaired) electrons. The van der Waals surface area contributed by atoms with E-state index >= 15 is 0 Å². The molecular weight excluding hydrogens is 316 g/mol. The minimum Gasteiger partial charge on any atom is -0.459 e. The lowest BCUT2D eigenvalue weighted by molar-refractivity contribution is 0.0924. The highest BCUT2D eigenvalue weighted by molar-refractivity contribution is 7.09. The van der Waals surface area contributed by atoms with Gasteiger partial charge in [0.15, 0.2) is 5.76 Å². The first-order valence-electron chi connectivity index (χ1n) is 7.36. The SMILES string of the molecule is Cc1ccoc1C(=O)NCCCNC(=O)c1csc(CCN)n1. The molecule has 2 aromatic heterocycles. The van der Waals surface area contributed by atoms with E-state index in [-0.39, 0.29) is 11.8 Å². The molecule has 23 heavy (non-hydrogen) atoms. The second-order valence-corrected chi connectivity index (χ2v) is 5.91. The lowest BCUT2D eigenvalue weighted by atomic mass is 10.2. The van der Waals surface area contributed by atoms with Crippen molar-refractivity contribution < 1.29 is 14.0 Å². The molecular formula is C15H20N4O3S. The second-order valence-electron chi connectivity index (χ2n) is 4.96. The Balaban J connectivity index is 1.66. The summed E-state index contributed by atoms with van der Waals surface area (Å²) in [5.41, 5.74) is 6.66. The Morgan fingerprint density at radius 1 is 1.30 bits per heavy atom. The van der Waals surface area contributed by atoms with Gasteiger partial charge in [0.1, 0.15) is 5.69 Å². The molecule has 0 spiro atoms. The van der Waals surface area contributed by atoms with Gasteiger partial charge in [-0.15, -0.1) is 11.3 Å². The first-order valence-corrected chi connectivity index (χ1v) is 8.24. The summed E-state index contributed by atoms with van der Waals surface area (Å²) < 4.78 is 5.10. The van der Waals surface area contributed by atoms with Crippen LogP contribution in [0.1, 0.15) is 38.0 Å². The molecule has 0 aliphatic rings.